The normalized spacial score (nSPS) is 22.7. The first kappa shape index (κ1) is 39.5. The van der Waals surface area contributed by atoms with Crippen molar-refractivity contribution in [1.82, 2.24) is 9.13 Å². The summed E-state index contributed by atoms with van der Waals surface area (Å²) in [4.78, 5) is 40.6. The Hall–Kier alpha value is -3.24. The van der Waals surface area contributed by atoms with E-state index in [-0.39, 0.29) is 25.0 Å². The minimum atomic E-state index is -4.76. The van der Waals surface area contributed by atoms with Gasteiger partial charge in [-0.05, 0) is 39.8 Å². The molecule has 0 spiro atoms. The van der Waals surface area contributed by atoms with Crippen LogP contribution < -0.4 is 11.2 Å². The summed E-state index contributed by atoms with van der Waals surface area (Å²) in [7, 11) is -8.01. The Balaban J connectivity index is 1.92. The van der Waals surface area contributed by atoms with Crippen LogP contribution >= 0.6 is 7.82 Å². The highest BCUT2D eigenvalue weighted by Crippen LogP contribution is 2.61. The van der Waals surface area contributed by atoms with E-state index in [0.717, 1.165) is 10.6 Å². The van der Waals surface area contributed by atoms with Crippen molar-refractivity contribution in [3.05, 3.63) is 69.0 Å². The van der Waals surface area contributed by atoms with Crippen LogP contribution in [0.1, 0.15) is 98.7 Å². The van der Waals surface area contributed by atoms with Crippen molar-refractivity contribution < 1.29 is 36.5 Å². The Kier molecular flexibility index (Phi) is 11.1. The van der Waals surface area contributed by atoms with Gasteiger partial charge in [-0.3, -0.25) is 27.7 Å². The summed E-state index contributed by atoms with van der Waals surface area (Å²) in [6.45, 7) is 18.2. The van der Waals surface area contributed by atoms with Crippen molar-refractivity contribution in [3.63, 3.8) is 0 Å². The van der Waals surface area contributed by atoms with Crippen molar-refractivity contribution in [2.75, 3.05) is 6.61 Å². The lowest BCUT2D eigenvalue weighted by molar-refractivity contribution is -0.0810. The zero-order chi connectivity index (χ0) is 37.5. The van der Waals surface area contributed by atoms with Gasteiger partial charge in [0.25, 0.3) is 11.5 Å². The van der Waals surface area contributed by atoms with E-state index in [1.807, 2.05) is 53.7 Å². The predicted molar refractivity (Wildman–Crippen MR) is 184 cm³/mol. The van der Waals surface area contributed by atoms with Crippen LogP contribution in [0.4, 0.5) is 0 Å². The molecule has 1 aromatic carbocycles. The van der Waals surface area contributed by atoms with Gasteiger partial charge >= 0.3 is 22.1 Å². The SMILES string of the molecule is CC(C)(CC#N)OP(=O)(O[C@@H]1[C@@H]2O[Si](C(C)(C)C)(C(C)(C)C)OC[C@H]2O[C@H]1n1ccc(=O)n(C(=O)c2ccccc2)c1=O)OC(C)(C)CC#N. The molecule has 2 aromatic rings. The average molecular weight is 731 g/mol. The third-order valence-corrected chi connectivity index (χ3v) is 15.6. The second kappa shape index (κ2) is 14.1. The van der Waals surface area contributed by atoms with Gasteiger partial charge < -0.3 is 13.6 Å². The number of rotatable bonds is 10. The largest absolute Gasteiger partial charge is 0.476 e. The number of nitrogens with zero attached hydrogens (tertiary/aromatic N) is 4. The van der Waals surface area contributed by atoms with E-state index in [1.165, 1.54) is 46.0 Å². The molecule has 0 amide bonds. The number of nitriles is 2. The molecule has 0 radical (unpaired) electrons. The van der Waals surface area contributed by atoms with Gasteiger partial charge in [-0.25, -0.2) is 9.36 Å². The molecule has 1 aromatic heterocycles. The molecule has 14 nitrogen and oxygen atoms in total. The van der Waals surface area contributed by atoms with Crippen molar-refractivity contribution in [3.8, 4) is 12.1 Å². The number of carbonyl (C=O) groups is 1. The summed E-state index contributed by atoms with van der Waals surface area (Å²) in [5.74, 6) is -0.858. The molecule has 2 aliphatic rings. The van der Waals surface area contributed by atoms with E-state index in [2.05, 4.69) is 0 Å². The molecule has 0 saturated carbocycles. The molecule has 0 N–H and O–H groups in total. The summed E-state index contributed by atoms with van der Waals surface area (Å²) in [5, 5.41) is 18.0. The maximum absolute atomic E-state index is 14.8. The average Bonchev–Trinajstić information content (AvgIpc) is 3.31. The first-order valence-corrected chi connectivity index (χ1v) is 19.6. The number of phosphoric ester groups is 1. The molecule has 3 heterocycles. The van der Waals surface area contributed by atoms with Gasteiger partial charge in [0.1, 0.15) is 18.3 Å². The van der Waals surface area contributed by atoms with E-state index in [0.29, 0.717) is 4.57 Å². The molecule has 16 heteroatoms. The highest BCUT2D eigenvalue weighted by molar-refractivity contribution is 7.48. The molecule has 2 saturated heterocycles. The Labute approximate surface area is 293 Å². The lowest BCUT2D eigenvalue weighted by Crippen LogP contribution is -2.65. The van der Waals surface area contributed by atoms with Gasteiger partial charge in [-0.1, -0.05) is 59.7 Å². The van der Waals surface area contributed by atoms with Crippen LogP contribution in [0.25, 0.3) is 0 Å². The molecule has 0 bridgehead atoms. The molecule has 4 rings (SSSR count). The molecule has 0 aliphatic carbocycles. The van der Waals surface area contributed by atoms with Crippen molar-refractivity contribution in [2.24, 2.45) is 0 Å². The summed E-state index contributed by atoms with van der Waals surface area (Å²) < 4.78 is 54.6. The molecule has 2 aliphatic heterocycles. The quantitative estimate of drug-likeness (QED) is 0.207. The fraction of sp³-hybridized carbons (Fsp3) is 0.618. The van der Waals surface area contributed by atoms with E-state index in [9.17, 15) is 29.5 Å². The third-order valence-electron chi connectivity index (χ3n) is 8.50. The number of carbonyl (C=O) groups excluding carboxylic acids is 1. The maximum atomic E-state index is 14.8. The van der Waals surface area contributed by atoms with Crippen LogP contribution in [0.2, 0.25) is 10.1 Å². The lowest BCUT2D eigenvalue weighted by Gasteiger charge is -2.53. The predicted octanol–water partition coefficient (Wildman–Crippen LogP) is 5.96. The number of benzene rings is 1. The van der Waals surface area contributed by atoms with E-state index in [1.54, 1.807) is 18.2 Å². The standard InChI is InChI=1S/C34H47N4O10PSi/c1-31(2,3)50(32(4,5)6)43-22-24-26(46-50)27(45-49(42,47-33(7,8)17-19-35)48-34(9,10)18-20-36)29(44-24)37-21-16-25(39)38(30(37)41)28(40)23-14-12-11-13-15-23/h11-16,21,24,26-27,29H,17-18,22H2,1-10H3/t24-,26-,27-,29-/m1/s1. The summed E-state index contributed by atoms with van der Waals surface area (Å²) in [5.41, 5.74) is -4.50. The zero-order valence-corrected chi connectivity index (χ0v) is 32.2. The summed E-state index contributed by atoms with van der Waals surface area (Å²) in [6.07, 6.45) is -3.92. The second-order valence-corrected chi connectivity index (χ2v) is 22.0. The number of ether oxygens (including phenoxy) is 1. The maximum Gasteiger partial charge on any atom is 0.476 e. The van der Waals surface area contributed by atoms with Gasteiger partial charge in [0.05, 0.1) is 42.8 Å². The minimum absolute atomic E-state index is 0.0327. The molecule has 4 atom stereocenters. The van der Waals surface area contributed by atoms with Crippen LogP contribution in [-0.4, -0.2) is 59.7 Å². The highest BCUT2D eigenvalue weighted by atomic mass is 31.2. The topological polar surface area (TPSA) is 181 Å². The highest BCUT2D eigenvalue weighted by Gasteiger charge is 2.66. The van der Waals surface area contributed by atoms with Crippen LogP contribution in [0.5, 0.6) is 0 Å². The smallest absolute Gasteiger partial charge is 0.391 e. The minimum Gasteiger partial charge on any atom is -0.391 e. The molecule has 50 heavy (non-hydrogen) atoms. The van der Waals surface area contributed by atoms with Gasteiger partial charge in [0, 0.05) is 27.9 Å². The number of aromatic nitrogens is 2. The summed E-state index contributed by atoms with van der Waals surface area (Å²) in [6, 6.07) is 12.9. The Bertz CT molecular complexity index is 1780. The Morgan fingerprint density at radius 2 is 1.46 bits per heavy atom. The monoisotopic (exact) mass is 730 g/mol. The van der Waals surface area contributed by atoms with Crippen LogP contribution in [0, 0.1) is 22.7 Å². The van der Waals surface area contributed by atoms with E-state index in [4.69, 9.17) is 27.2 Å². The fourth-order valence-corrected chi connectivity index (χ4v) is 13.4. The van der Waals surface area contributed by atoms with Gasteiger partial charge in [-0.2, -0.15) is 15.1 Å². The van der Waals surface area contributed by atoms with Gasteiger partial charge in [0.15, 0.2) is 6.23 Å². The van der Waals surface area contributed by atoms with Crippen LogP contribution in [-0.2, 0) is 31.7 Å². The third kappa shape index (κ3) is 7.96. The van der Waals surface area contributed by atoms with Crippen LogP contribution in [0.3, 0.4) is 0 Å². The summed E-state index contributed by atoms with van der Waals surface area (Å²) >= 11 is 0. The number of fused-ring (bicyclic) bond motifs is 1. The number of phosphoric acid groups is 1. The number of hydrogen-bond acceptors (Lipinski definition) is 12. The molecular weight excluding hydrogens is 683 g/mol. The first-order chi connectivity index (χ1) is 23.0. The van der Waals surface area contributed by atoms with Crippen molar-refractivity contribution >= 4 is 22.3 Å². The van der Waals surface area contributed by atoms with Gasteiger partial charge in [0.2, 0.25) is 0 Å². The Morgan fingerprint density at radius 3 is 1.96 bits per heavy atom. The van der Waals surface area contributed by atoms with Crippen molar-refractivity contribution in [1.29, 1.82) is 10.5 Å². The molecular formula is C34H47N4O10PSi. The second-order valence-electron chi connectivity index (χ2n) is 15.8. The van der Waals surface area contributed by atoms with E-state index < -0.39 is 79.4 Å². The lowest BCUT2D eigenvalue weighted by atomic mass is 10.1. The molecule has 2 fully saturated rings. The fourth-order valence-electron chi connectivity index (χ4n) is 6.50. The molecule has 0 unspecified atom stereocenters. The van der Waals surface area contributed by atoms with Gasteiger partial charge in [-0.15, -0.1) is 0 Å². The van der Waals surface area contributed by atoms with E-state index >= 15 is 0 Å². The Morgan fingerprint density at radius 1 is 0.920 bits per heavy atom. The molecule has 272 valence electrons. The van der Waals surface area contributed by atoms with Crippen molar-refractivity contribution in [2.45, 2.75) is 128 Å². The first-order valence-electron chi connectivity index (χ1n) is 16.4. The number of hydrogen-bond donors (Lipinski definition) is 0. The zero-order valence-electron chi connectivity index (χ0n) is 30.3. The van der Waals surface area contributed by atoms with Crippen LogP contribution in [0.15, 0.2) is 52.2 Å².